The molecule has 1 atom stereocenters. The first-order chi connectivity index (χ1) is 6.67. The lowest BCUT2D eigenvalue weighted by Gasteiger charge is -2.22. The van der Waals surface area contributed by atoms with Crippen molar-refractivity contribution < 1.29 is 13.2 Å². The van der Waals surface area contributed by atoms with Gasteiger partial charge in [0.05, 0.1) is 11.9 Å². The predicted molar refractivity (Wildman–Crippen MR) is 54.7 cm³/mol. The molecule has 1 fully saturated rings. The number of ether oxygens (including phenoxy) is 1. The SMILES string of the molecule is COCCNS(=O)(=O)C1CCCNC1. The number of nitrogens with one attached hydrogen (secondary N) is 2. The fourth-order valence-corrected chi connectivity index (χ4v) is 2.91. The number of hydrogen-bond donors (Lipinski definition) is 2. The quantitative estimate of drug-likeness (QED) is 0.604. The van der Waals surface area contributed by atoms with Gasteiger partial charge in [0.2, 0.25) is 10.0 Å². The van der Waals surface area contributed by atoms with E-state index >= 15 is 0 Å². The van der Waals surface area contributed by atoms with Crippen LogP contribution in [0.5, 0.6) is 0 Å². The summed E-state index contributed by atoms with van der Waals surface area (Å²) in [6.07, 6.45) is 1.67. The second-order valence-electron chi connectivity index (χ2n) is 3.40. The molecule has 0 aromatic heterocycles. The molecule has 2 N–H and O–H groups in total. The van der Waals surface area contributed by atoms with Crippen molar-refractivity contribution in [1.29, 1.82) is 0 Å². The van der Waals surface area contributed by atoms with E-state index in [9.17, 15) is 8.42 Å². The Morgan fingerprint density at radius 2 is 2.36 bits per heavy atom. The molecule has 1 aliphatic rings. The summed E-state index contributed by atoms with van der Waals surface area (Å²) < 4.78 is 30.6. The van der Waals surface area contributed by atoms with Gasteiger partial charge in [-0.1, -0.05) is 0 Å². The number of hydrogen-bond acceptors (Lipinski definition) is 4. The lowest BCUT2D eigenvalue weighted by Crippen LogP contribution is -2.44. The first-order valence-electron chi connectivity index (χ1n) is 4.85. The minimum Gasteiger partial charge on any atom is -0.383 e. The van der Waals surface area contributed by atoms with Crippen LogP contribution in [0, 0.1) is 0 Å². The summed E-state index contributed by atoms with van der Waals surface area (Å²) in [6, 6.07) is 0. The van der Waals surface area contributed by atoms with Gasteiger partial charge in [-0.3, -0.25) is 0 Å². The van der Waals surface area contributed by atoms with E-state index in [-0.39, 0.29) is 5.25 Å². The van der Waals surface area contributed by atoms with Crippen LogP contribution in [0.3, 0.4) is 0 Å². The van der Waals surface area contributed by atoms with Crippen LogP contribution < -0.4 is 10.0 Å². The van der Waals surface area contributed by atoms with Crippen LogP contribution in [0.15, 0.2) is 0 Å². The molecule has 0 aromatic carbocycles. The summed E-state index contributed by atoms with van der Waals surface area (Å²) >= 11 is 0. The molecule has 1 unspecified atom stereocenters. The Morgan fingerprint density at radius 1 is 1.57 bits per heavy atom. The highest BCUT2D eigenvalue weighted by Crippen LogP contribution is 2.09. The lowest BCUT2D eigenvalue weighted by atomic mass is 10.2. The van der Waals surface area contributed by atoms with Crippen LogP contribution in [0.2, 0.25) is 0 Å². The Morgan fingerprint density at radius 3 is 2.93 bits per heavy atom. The maximum Gasteiger partial charge on any atom is 0.215 e. The topological polar surface area (TPSA) is 67.4 Å². The van der Waals surface area contributed by atoms with Gasteiger partial charge in [0, 0.05) is 20.2 Å². The summed E-state index contributed by atoms with van der Waals surface area (Å²) in [4.78, 5) is 0. The molecule has 1 rings (SSSR count). The highest BCUT2D eigenvalue weighted by atomic mass is 32.2. The van der Waals surface area contributed by atoms with Gasteiger partial charge in [-0.2, -0.15) is 0 Å². The molecule has 14 heavy (non-hydrogen) atoms. The summed E-state index contributed by atoms with van der Waals surface area (Å²) in [5, 5.41) is 2.80. The third kappa shape index (κ3) is 3.53. The first-order valence-corrected chi connectivity index (χ1v) is 6.39. The van der Waals surface area contributed by atoms with Crippen molar-refractivity contribution >= 4 is 10.0 Å². The molecule has 0 saturated carbocycles. The number of piperidine rings is 1. The highest BCUT2D eigenvalue weighted by Gasteiger charge is 2.26. The third-order valence-corrected chi connectivity index (χ3v) is 4.19. The molecule has 0 spiro atoms. The van der Waals surface area contributed by atoms with E-state index in [2.05, 4.69) is 10.0 Å². The van der Waals surface area contributed by atoms with Gasteiger partial charge in [0.25, 0.3) is 0 Å². The molecule has 0 aliphatic carbocycles. The van der Waals surface area contributed by atoms with E-state index in [1.807, 2.05) is 0 Å². The van der Waals surface area contributed by atoms with Gasteiger partial charge in [0.15, 0.2) is 0 Å². The number of sulfonamides is 1. The molecular formula is C8H18N2O3S. The molecule has 1 saturated heterocycles. The zero-order chi connectivity index (χ0) is 10.4. The normalized spacial score (nSPS) is 23.6. The number of rotatable bonds is 5. The minimum absolute atomic E-state index is 0.284. The molecule has 1 aliphatic heterocycles. The summed E-state index contributed by atoms with van der Waals surface area (Å²) in [6.45, 7) is 2.25. The molecule has 0 radical (unpaired) electrons. The van der Waals surface area contributed by atoms with Gasteiger partial charge in [-0.05, 0) is 19.4 Å². The smallest absolute Gasteiger partial charge is 0.215 e. The van der Waals surface area contributed by atoms with Gasteiger partial charge >= 0.3 is 0 Å². The van der Waals surface area contributed by atoms with Crippen LogP contribution in [0.25, 0.3) is 0 Å². The van der Waals surface area contributed by atoms with E-state index in [1.54, 1.807) is 7.11 Å². The Kier molecular flexibility index (Phi) is 4.80. The van der Waals surface area contributed by atoms with Crippen molar-refractivity contribution in [1.82, 2.24) is 10.0 Å². The average Bonchev–Trinajstić information content (AvgIpc) is 2.19. The predicted octanol–water partition coefficient (Wildman–Crippen LogP) is -0.696. The van der Waals surface area contributed by atoms with E-state index < -0.39 is 10.0 Å². The standard InChI is InChI=1S/C8H18N2O3S/c1-13-6-5-10-14(11,12)8-3-2-4-9-7-8/h8-10H,2-7H2,1H3. The first kappa shape index (κ1) is 11.9. The van der Waals surface area contributed by atoms with Crippen LogP contribution in [-0.4, -0.2) is 47.0 Å². The van der Waals surface area contributed by atoms with Crippen molar-refractivity contribution in [2.75, 3.05) is 33.4 Å². The van der Waals surface area contributed by atoms with E-state index in [1.165, 1.54) is 0 Å². The second-order valence-corrected chi connectivity index (χ2v) is 5.45. The van der Waals surface area contributed by atoms with Crippen molar-refractivity contribution in [3.63, 3.8) is 0 Å². The molecule has 84 valence electrons. The van der Waals surface area contributed by atoms with Gasteiger partial charge < -0.3 is 10.1 Å². The van der Waals surface area contributed by atoms with Crippen molar-refractivity contribution in [2.24, 2.45) is 0 Å². The second kappa shape index (κ2) is 5.65. The lowest BCUT2D eigenvalue weighted by molar-refractivity contribution is 0.204. The van der Waals surface area contributed by atoms with E-state index in [0.717, 1.165) is 19.4 Å². The summed E-state index contributed by atoms with van der Waals surface area (Å²) in [7, 11) is -1.60. The van der Waals surface area contributed by atoms with Crippen molar-refractivity contribution in [3.05, 3.63) is 0 Å². The van der Waals surface area contributed by atoms with Crippen LogP contribution >= 0.6 is 0 Å². The van der Waals surface area contributed by atoms with Gasteiger partial charge in [-0.15, -0.1) is 0 Å². The number of methoxy groups -OCH3 is 1. The maximum atomic E-state index is 11.7. The molecular weight excluding hydrogens is 204 g/mol. The molecule has 6 heteroatoms. The molecule has 1 heterocycles. The van der Waals surface area contributed by atoms with Crippen molar-refractivity contribution in [2.45, 2.75) is 18.1 Å². The average molecular weight is 222 g/mol. The molecule has 0 amide bonds. The third-order valence-electron chi connectivity index (χ3n) is 2.30. The Hall–Kier alpha value is -0.170. The Balaban J connectivity index is 2.38. The zero-order valence-corrected chi connectivity index (χ0v) is 9.27. The monoisotopic (exact) mass is 222 g/mol. The molecule has 0 aromatic rings. The Labute approximate surface area is 85.3 Å². The maximum absolute atomic E-state index is 11.7. The van der Waals surface area contributed by atoms with Gasteiger partial charge in [-0.25, -0.2) is 13.1 Å². The van der Waals surface area contributed by atoms with Crippen LogP contribution in [0.1, 0.15) is 12.8 Å². The molecule has 0 bridgehead atoms. The molecule has 5 nitrogen and oxygen atoms in total. The van der Waals surface area contributed by atoms with Crippen LogP contribution in [-0.2, 0) is 14.8 Å². The zero-order valence-electron chi connectivity index (χ0n) is 8.45. The Bertz CT molecular complexity index is 247. The minimum atomic E-state index is -3.15. The summed E-state index contributed by atoms with van der Waals surface area (Å²) in [5.41, 5.74) is 0. The summed E-state index contributed by atoms with van der Waals surface area (Å²) in [5.74, 6) is 0. The largest absolute Gasteiger partial charge is 0.383 e. The van der Waals surface area contributed by atoms with Gasteiger partial charge in [0.1, 0.15) is 0 Å². The van der Waals surface area contributed by atoms with Crippen molar-refractivity contribution in [3.8, 4) is 0 Å². The highest BCUT2D eigenvalue weighted by molar-refractivity contribution is 7.90. The fraction of sp³-hybridized carbons (Fsp3) is 1.00. The fourth-order valence-electron chi connectivity index (χ4n) is 1.49. The van der Waals surface area contributed by atoms with E-state index in [4.69, 9.17) is 4.74 Å². The van der Waals surface area contributed by atoms with Crippen LogP contribution in [0.4, 0.5) is 0 Å². The van der Waals surface area contributed by atoms with E-state index in [0.29, 0.717) is 19.7 Å².